The molecule has 1 amide bonds. The topological polar surface area (TPSA) is 46.9 Å². The predicted octanol–water partition coefficient (Wildman–Crippen LogP) is 2.40. The molecule has 0 spiro atoms. The van der Waals surface area contributed by atoms with E-state index in [1.54, 1.807) is 6.20 Å². The van der Waals surface area contributed by atoms with Crippen molar-refractivity contribution < 1.29 is 4.79 Å². The van der Waals surface area contributed by atoms with E-state index in [4.69, 9.17) is 0 Å². The van der Waals surface area contributed by atoms with Gasteiger partial charge in [0.05, 0.1) is 12.2 Å². The van der Waals surface area contributed by atoms with Crippen LogP contribution in [0.25, 0.3) is 0 Å². The maximum atomic E-state index is 12.0. The second-order valence-electron chi connectivity index (χ2n) is 4.37. The highest BCUT2D eigenvalue weighted by atomic mass is 16.1. The van der Waals surface area contributed by atoms with Crippen LogP contribution in [0.2, 0.25) is 0 Å². The lowest BCUT2D eigenvalue weighted by atomic mass is 10.1. The molecular weight excluding hydrogens is 238 g/mol. The van der Waals surface area contributed by atoms with Gasteiger partial charge in [-0.2, -0.15) is 5.10 Å². The van der Waals surface area contributed by atoms with Crippen molar-refractivity contribution in [2.75, 3.05) is 0 Å². The number of hydrogen-bond acceptors (Lipinski definition) is 2. The van der Waals surface area contributed by atoms with Crippen LogP contribution in [0.5, 0.6) is 0 Å². The predicted molar refractivity (Wildman–Crippen MR) is 74.9 cm³/mol. The lowest BCUT2D eigenvalue weighted by Gasteiger charge is -2.07. The Morgan fingerprint density at radius 2 is 1.95 bits per heavy atom. The molecule has 0 aliphatic rings. The minimum atomic E-state index is -0.0495. The second-order valence-corrected chi connectivity index (χ2v) is 4.37. The van der Waals surface area contributed by atoms with E-state index in [9.17, 15) is 4.79 Å². The van der Waals surface area contributed by atoms with Crippen LogP contribution in [0.1, 0.15) is 35.5 Å². The van der Waals surface area contributed by atoms with Crippen molar-refractivity contribution in [2.45, 2.75) is 33.4 Å². The molecule has 1 aromatic heterocycles. The van der Waals surface area contributed by atoms with Gasteiger partial charge in [0.2, 0.25) is 0 Å². The summed E-state index contributed by atoms with van der Waals surface area (Å²) in [7, 11) is 0. The highest BCUT2D eigenvalue weighted by Gasteiger charge is 2.06. The average Bonchev–Trinajstić information content (AvgIpc) is 2.92. The van der Waals surface area contributed by atoms with Gasteiger partial charge in [-0.15, -0.1) is 0 Å². The summed E-state index contributed by atoms with van der Waals surface area (Å²) in [5, 5.41) is 7.09. The molecule has 4 nitrogen and oxygen atoms in total. The first-order chi connectivity index (χ1) is 9.24. The first kappa shape index (κ1) is 13.3. The van der Waals surface area contributed by atoms with Gasteiger partial charge < -0.3 is 5.32 Å². The van der Waals surface area contributed by atoms with E-state index in [1.165, 1.54) is 5.56 Å². The Morgan fingerprint density at radius 1 is 1.21 bits per heavy atom. The third-order valence-electron chi connectivity index (χ3n) is 3.16. The number of aromatic nitrogens is 2. The van der Waals surface area contributed by atoms with E-state index in [0.29, 0.717) is 12.1 Å². The van der Waals surface area contributed by atoms with Gasteiger partial charge in [0.25, 0.3) is 5.91 Å². The van der Waals surface area contributed by atoms with E-state index in [0.717, 1.165) is 18.7 Å². The van der Waals surface area contributed by atoms with Crippen molar-refractivity contribution in [1.82, 2.24) is 15.1 Å². The van der Waals surface area contributed by atoms with Crippen LogP contribution in [0.3, 0.4) is 0 Å². The van der Waals surface area contributed by atoms with Crippen LogP contribution in [0, 0.1) is 0 Å². The first-order valence-corrected chi connectivity index (χ1v) is 6.62. The van der Waals surface area contributed by atoms with Crippen molar-refractivity contribution in [1.29, 1.82) is 0 Å². The van der Waals surface area contributed by atoms with Crippen LogP contribution in [0.4, 0.5) is 0 Å². The molecule has 0 bridgehead atoms. The molecule has 0 radical (unpaired) electrons. The standard InChI is InChI=1S/C15H19N3O/c1-3-12-5-7-13(8-6-12)15(19)16-11-14-9-10-17-18(14)4-2/h5-10H,3-4,11H2,1-2H3,(H,16,19). The molecule has 1 heterocycles. The number of nitrogens with zero attached hydrogens (tertiary/aromatic N) is 2. The summed E-state index contributed by atoms with van der Waals surface area (Å²) < 4.78 is 1.88. The Balaban J connectivity index is 1.97. The van der Waals surface area contributed by atoms with Crippen LogP contribution >= 0.6 is 0 Å². The lowest BCUT2D eigenvalue weighted by Crippen LogP contribution is -2.24. The average molecular weight is 257 g/mol. The van der Waals surface area contributed by atoms with Gasteiger partial charge in [0.1, 0.15) is 0 Å². The molecule has 1 aromatic carbocycles. The number of aryl methyl sites for hydroxylation is 2. The fraction of sp³-hybridized carbons (Fsp3) is 0.333. The van der Waals surface area contributed by atoms with E-state index < -0.39 is 0 Å². The number of carbonyl (C=O) groups excluding carboxylic acids is 1. The summed E-state index contributed by atoms with van der Waals surface area (Å²) in [6, 6.07) is 9.64. The fourth-order valence-electron chi connectivity index (χ4n) is 1.96. The van der Waals surface area contributed by atoms with Gasteiger partial charge in [-0.25, -0.2) is 0 Å². The van der Waals surface area contributed by atoms with Crippen molar-refractivity contribution >= 4 is 5.91 Å². The number of amides is 1. The van der Waals surface area contributed by atoms with Crippen LogP contribution < -0.4 is 5.32 Å². The van der Waals surface area contributed by atoms with Crippen molar-refractivity contribution in [3.63, 3.8) is 0 Å². The molecular formula is C15H19N3O. The summed E-state index contributed by atoms with van der Waals surface area (Å²) in [6.07, 6.45) is 2.73. The molecule has 2 aromatic rings. The second kappa shape index (κ2) is 6.18. The molecule has 19 heavy (non-hydrogen) atoms. The Kier molecular flexibility index (Phi) is 4.34. The van der Waals surface area contributed by atoms with Crippen molar-refractivity contribution in [3.8, 4) is 0 Å². The van der Waals surface area contributed by atoms with Crippen molar-refractivity contribution in [2.24, 2.45) is 0 Å². The van der Waals surface area contributed by atoms with Crippen LogP contribution in [0.15, 0.2) is 36.5 Å². The molecule has 0 atom stereocenters. The lowest BCUT2D eigenvalue weighted by molar-refractivity contribution is 0.0950. The van der Waals surface area contributed by atoms with Gasteiger partial charge in [0, 0.05) is 18.3 Å². The molecule has 0 aliphatic carbocycles. The van der Waals surface area contributed by atoms with Crippen molar-refractivity contribution in [3.05, 3.63) is 53.3 Å². The van der Waals surface area contributed by atoms with E-state index in [2.05, 4.69) is 17.3 Å². The van der Waals surface area contributed by atoms with E-state index in [1.807, 2.05) is 41.9 Å². The van der Waals surface area contributed by atoms with Gasteiger partial charge in [0.15, 0.2) is 0 Å². The SMILES string of the molecule is CCc1ccc(C(=O)NCc2ccnn2CC)cc1. The zero-order valence-electron chi connectivity index (χ0n) is 11.4. The third kappa shape index (κ3) is 3.22. The molecule has 0 saturated carbocycles. The molecule has 1 N–H and O–H groups in total. The monoisotopic (exact) mass is 257 g/mol. The summed E-state index contributed by atoms with van der Waals surface area (Å²) in [5.41, 5.74) is 2.95. The molecule has 0 fully saturated rings. The zero-order valence-corrected chi connectivity index (χ0v) is 11.4. The number of hydrogen-bond donors (Lipinski definition) is 1. The Hall–Kier alpha value is -2.10. The molecule has 2 rings (SSSR count). The maximum absolute atomic E-state index is 12.0. The molecule has 0 saturated heterocycles. The highest BCUT2D eigenvalue weighted by Crippen LogP contribution is 2.05. The first-order valence-electron chi connectivity index (χ1n) is 6.62. The summed E-state index contributed by atoms with van der Waals surface area (Å²) in [5.74, 6) is -0.0495. The van der Waals surface area contributed by atoms with Crippen LogP contribution in [-0.4, -0.2) is 15.7 Å². The minimum Gasteiger partial charge on any atom is -0.346 e. The molecule has 100 valence electrons. The van der Waals surface area contributed by atoms with E-state index in [-0.39, 0.29) is 5.91 Å². The Labute approximate surface area is 113 Å². The number of carbonyl (C=O) groups is 1. The Morgan fingerprint density at radius 3 is 2.58 bits per heavy atom. The normalized spacial score (nSPS) is 10.4. The minimum absolute atomic E-state index is 0.0495. The number of rotatable bonds is 5. The number of benzene rings is 1. The van der Waals surface area contributed by atoms with Gasteiger partial charge >= 0.3 is 0 Å². The number of nitrogens with one attached hydrogen (secondary N) is 1. The van der Waals surface area contributed by atoms with Gasteiger partial charge in [-0.1, -0.05) is 19.1 Å². The summed E-state index contributed by atoms with van der Waals surface area (Å²) in [6.45, 7) is 5.44. The highest BCUT2D eigenvalue weighted by molar-refractivity contribution is 5.94. The van der Waals surface area contributed by atoms with Gasteiger partial charge in [-0.3, -0.25) is 9.48 Å². The Bertz CT molecular complexity index is 543. The summed E-state index contributed by atoms with van der Waals surface area (Å²) in [4.78, 5) is 12.0. The molecule has 0 unspecified atom stereocenters. The largest absolute Gasteiger partial charge is 0.346 e. The molecule has 0 aliphatic heterocycles. The third-order valence-corrected chi connectivity index (χ3v) is 3.16. The smallest absolute Gasteiger partial charge is 0.251 e. The zero-order chi connectivity index (χ0) is 13.7. The maximum Gasteiger partial charge on any atom is 0.251 e. The molecule has 4 heteroatoms. The summed E-state index contributed by atoms with van der Waals surface area (Å²) >= 11 is 0. The quantitative estimate of drug-likeness (QED) is 0.894. The van der Waals surface area contributed by atoms with Gasteiger partial charge in [-0.05, 0) is 37.1 Å². The van der Waals surface area contributed by atoms with E-state index >= 15 is 0 Å². The van der Waals surface area contributed by atoms with Crippen LogP contribution in [-0.2, 0) is 19.5 Å². The fourth-order valence-corrected chi connectivity index (χ4v) is 1.96.